The topological polar surface area (TPSA) is 6.48 Å². The molecule has 2 heteroatoms. The van der Waals surface area contributed by atoms with Crippen molar-refractivity contribution in [3.63, 3.8) is 0 Å². The fourth-order valence-corrected chi connectivity index (χ4v) is 4.36. The Balaban J connectivity index is 1.62. The minimum atomic E-state index is -0.522. The summed E-state index contributed by atoms with van der Waals surface area (Å²) in [6.07, 6.45) is 4.24. The molecule has 0 spiro atoms. The van der Waals surface area contributed by atoms with Gasteiger partial charge in [0.25, 0.3) is 0 Å². The molecule has 0 aliphatic carbocycles. The van der Waals surface area contributed by atoms with Crippen LogP contribution in [0.4, 0.5) is 0 Å². The Kier molecular flexibility index (Phi) is 5.28. The van der Waals surface area contributed by atoms with Gasteiger partial charge in [-0.05, 0) is 22.3 Å². The molecule has 2 radical (unpaired) electrons. The van der Waals surface area contributed by atoms with Gasteiger partial charge >= 0.3 is 0 Å². The first-order valence-electron chi connectivity index (χ1n) is 10.6. The Morgan fingerprint density at radius 1 is 0.516 bits per heavy atom. The average molecular weight is 401 g/mol. The predicted octanol–water partition coefficient (Wildman–Crippen LogP) is 6.26. The molecule has 31 heavy (non-hydrogen) atoms. The molecule has 0 saturated heterocycles. The first-order chi connectivity index (χ1) is 15.4. The van der Waals surface area contributed by atoms with Crippen LogP contribution < -0.4 is 0 Å². The summed E-state index contributed by atoms with van der Waals surface area (Å²) in [5.74, 6) is 0. The second kappa shape index (κ2) is 8.53. The van der Waals surface area contributed by atoms with Crippen LogP contribution in [0.3, 0.4) is 0 Å². The largest absolute Gasteiger partial charge is 0.342 e. The van der Waals surface area contributed by atoms with Crippen molar-refractivity contribution in [1.29, 1.82) is 0 Å². The molecule has 1 aliphatic rings. The highest BCUT2D eigenvalue weighted by atomic mass is 15.4. The van der Waals surface area contributed by atoms with E-state index in [1.54, 1.807) is 0 Å². The first-order valence-corrected chi connectivity index (χ1v) is 10.6. The van der Waals surface area contributed by atoms with Crippen molar-refractivity contribution in [2.24, 2.45) is 0 Å². The van der Waals surface area contributed by atoms with Gasteiger partial charge in [0.05, 0.1) is 0 Å². The maximum Gasteiger partial charge on any atom is 0.209 e. The van der Waals surface area contributed by atoms with Crippen LogP contribution in [0.15, 0.2) is 134 Å². The van der Waals surface area contributed by atoms with Crippen LogP contribution >= 0.6 is 0 Å². The van der Waals surface area contributed by atoms with Gasteiger partial charge in [-0.3, -0.25) is 0 Å². The van der Waals surface area contributed by atoms with Gasteiger partial charge in [0, 0.05) is 18.9 Å². The summed E-state index contributed by atoms with van der Waals surface area (Å²) in [5, 5.41) is 0. The quantitative estimate of drug-likeness (QED) is 0.352. The van der Waals surface area contributed by atoms with Crippen LogP contribution in [0.1, 0.15) is 22.3 Å². The lowest BCUT2D eigenvalue weighted by molar-refractivity contribution is 0.237. The number of rotatable bonds is 6. The number of hydrogen-bond donors (Lipinski definition) is 0. The van der Waals surface area contributed by atoms with E-state index in [-0.39, 0.29) is 0 Å². The fraction of sp³-hybridized carbons (Fsp3) is 0.0690. The second-order valence-electron chi connectivity index (χ2n) is 7.69. The molecule has 1 aliphatic heterocycles. The molecule has 1 heterocycles. The minimum absolute atomic E-state index is 0.522. The maximum absolute atomic E-state index is 3.63. The van der Waals surface area contributed by atoms with E-state index in [0.717, 1.165) is 6.54 Å². The van der Waals surface area contributed by atoms with Crippen molar-refractivity contribution >= 4 is 0 Å². The third-order valence-corrected chi connectivity index (χ3v) is 5.76. The maximum atomic E-state index is 3.63. The summed E-state index contributed by atoms with van der Waals surface area (Å²) in [5.41, 5.74) is 4.33. The second-order valence-corrected chi connectivity index (χ2v) is 7.69. The third-order valence-electron chi connectivity index (χ3n) is 5.76. The van der Waals surface area contributed by atoms with E-state index in [0.29, 0.717) is 0 Å². The molecular formula is C29H24N2. The third kappa shape index (κ3) is 3.62. The van der Waals surface area contributed by atoms with Crippen LogP contribution in [0.2, 0.25) is 0 Å². The summed E-state index contributed by atoms with van der Waals surface area (Å²) in [6, 6.07) is 42.6. The van der Waals surface area contributed by atoms with E-state index >= 15 is 0 Å². The van der Waals surface area contributed by atoms with Gasteiger partial charge in [0.2, 0.25) is 6.67 Å². The molecule has 5 rings (SSSR count). The smallest absolute Gasteiger partial charge is 0.209 e. The lowest BCUT2D eigenvalue weighted by atomic mass is 9.76. The van der Waals surface area contributed by atoms with Crippen molar-refractivity contribution in [2.75, 3.05) is 0 Å². The zero-order chi connectivity index (χ0) is 20.9. The van der Waals surface area contributed by atoms with E-state index in [2.05, 4.69) is 144 Å². The Labute approximate surface area is 184 Å². The molecule has 2 nitrogen and oxygen atoms in total. The highest BCUT2D eigenvalue weighted by Crippen LogP contribution is 2.44. The molecule has 0 bridgehead atoms. The molecule has 150 valence electrons. The van der Waals surface area contributed by atoms with E-state index < -0.39 is 5.54 Å². The molecule has 4 aromatic carbocycles. The van der Waals surface area contributed by atoms with E-state index in [1.807, 2.05) is 6.07 Å². The van der Waals surface area contributed by atoms with Gasteiger partial charge in [-0.15, -0.1) is 0 Å². The van der Waals surface area contributed by atoms with Gasteiger partial charge in [-0.25, -0.2) is 0 Å². The van der Waals surface area contributed by atoms with Crippen molar-refractivity contribution in [2.45, 2.75) is 12.1 Å². The molecule has 0 amide bonds. The summed E-state index contributed by atoms with van der Waals surface area (Å²) in [4.78, 5) is 4.34. The highest BCUT2D eigenvalue weighted by molar-refractivity contribution is 5.51. The summed E-state index contributed by atoms with van der Waals surface area (Å²) in [6.45, 7) is 4.41. The van der Waals surface area contributed by atoms with Crippen LogP contribution in [0, 0.1) is 6.67 Å². The molecule has 0 fully saturated rings. The van der Waals surface area contributed by atoms with Crippen molar-refractivity contribution in [3.8, 4) is 0 Å². The summed E-state index contributed by atoms with van der Waals surface area (Å²) < 4.78 is 0. The first kappa shape index (κ1) is 19.2. The lowest BCUT2D eigenvalue weighted by Gasteiger charge is -2.43. The zero-order valence-electron chi connectivity index (χ0n) is 17.3. The normalized spacial score (nSPS) is 13.5. The molecule has 4 aromatic rings. The van der Waals surface area contributed by atoms with Gasteiger partial charge in [-0.1, -0.05) is 121 Å². The predicted molar refractivity (Wildman–Crippen MR) is 125 cm³/mol. The molecular weight excluding hydrogens is 376 g/mol. The Hall–Kier alpha value is -3.78. The summed E-state index contributed by atoms with van der Waals surface area (Å²) >= 11 is 0. The van der Waals surface area contributed by atoms with E-state index in [1.165, 1.54) is 22.3 Å². The van der Waals surface area contributed by atoms with Crippen LogP contribution in [0.5, 0.6) is 0 Å². The van der Waals surface area contributed by atoms with Gasteiger partial charge in [0.1, 0.15) is 5.54 Å². The molecule has 0 atom stereocenters. The van der Waals surface area contributed by atoms with Crippen LogP contribution in [-0.2, 0) is 12.1 Å². The minimum Gasteiger partial charge on any atom is -0.342 e. The van der Waals surface area contributed by atoms with Crippen LogP contribution in [-0.4, -0.2) is 9.80 Å². The Morgan fingerprint density at radius 3 is 1.39 bits per heavy atom. The Bertz CT molecular complexity index is 1030. The van der Waals surface area contributed by atoms with Crippen molar-refractivity contribution < 1.29 is 0 Å². The van der Waals surface area contributed by atoms with Crippen molar-refractivity contribution in [1.82, 2.24) is 9.80 Å². The number of benzene rings is 4. The molecule has 0 unspecified atom stereocenters. The molecule has 0 saturated carbocycles. The summed E-state index contributed by atoms with van der Waals surface area (Å²) in [7, 11) is 0. The molecule has 0 N–H and O–H groups in total. The van der Waals surface area contributed by atoms with Gasteiger partial charge in [0.15, 0.2) is 0 Å². The monoisotopic (exact) mass is 400 g/mol. The van der Waals surface area contributed by atoms with Crippen molar-refractivity contribution in [3.05, 3.63) is 163 Å². The fourth-order valence-electron chi connectivity index (χ4n) is 4.36. The van der Waals surface area contributed by atoms with E-state index in [4.69, 9.17) is 0 Å². The van der Waals surface area contributed by atoms with Crippen LogP contribution in [0.25, 0.3) is 0 Å². The Morgan fingerprint density at radius 2 is 0.935 bits per heavy atom. The van der Waals surface area contributed by atoms with Gasteiger partial charge in [-0.2, -0.15) is 0 Å². The number of hydrogen-bond acceptors (Lipinski definition) is 2. The lowest BCUT2D eigenvalue weighted by Crippen LogP contribution is -2.44. The molecule has 0 aromatic heterocycles. The SMILES string of the molecule is [C]1N(Cc2ccccc2)C=CN1C(c1ccccc1)(c1ccccc1)c1ccccc1. The van der Waals surface area contributed by atoms with Gasteiger partial charge < -0.3 is 9.80 Å². The van der Waals surface area contributed by atoms with E-state index in [9.17, 15) is 0 Å². The number of nitrogens with zero attached hydrogens (tertiary/aromatic N) is 2. The standard InChI is InChI=1S/C29H24N2/c1-5-13-25(14-6-1)23-30-21-22-31(24-30)29(26-15-7-2-8-16-26,27-17-9-3-10-18-27)28-19-11-4-12-20-28/h1-22H,23H2. The zero-order valence-corrected chi connectivity index (χ0v) is 17.3. The highest BCUT2D eigenvalue weighted by Gasteiger charge is 2.43. The average Bonchev–Trinajstić information content (AvgIpc) is 3.31.